The third kappa shape index (κ3) is 1.52. The molecule has 1 rings (SSSR count). The lowest BCUT2D eigenvalue weighted by molar-refractivity contribution is -0.333. The fourth-order valence-electron chi connectivity index (χ4n) is 1.37. The fourth-order valence-corrected chi connectivity index (χ4v) is 1.37. The third-order valence-corrected chi connectivity index (χ3v) is 2.56. The summed E-state index contributed by atoms with van der Waals surface area (Å²) in [4.78, 5) is 0. The van der Waals surface area contributed by atoms with E-state index in [4.69, 9.17) is 21.3 Å². The predicted molar refractivity (Wildman–Crippen MR) is 45.7 cm³/mol. The molecule has 1 heterocycles. The minimum absolute atomic E-state index is 0.551. The van der Waals surface area contributed by atoms with Gasteiger partial charge in [0.1, 0.15) is 24.0 Å². The van der Waals surface area contributed by atoms with E-state index in [0.29, 0.717) is 0 Å². The Balaban J connectivity index is 2.95. The van der Waals surface area contributed by atoms with E-state index < -0.39 is 36.4 Å². The van der Waals surface area contributed by atoms with E-state index in [1.165, 1.54) is 0 Å². The number of rotatable bonds is 1. The Bertz CT molecular complexity index is 220. The highest BCUT2D eigenvalue weighted by atomic mass is 16.6. The van der Waals surface area contributed by atoms with E-state index >= 15 is 0 Å². The van der Waals surface area contributed by atoms with Crippen LogP contribution in [0.1, 0.15) is 6.92 Å². The largest absolute Gasteiger partial charge is 0.394 e. The van der Waals surface area contributed by atoms with Gasteiger partial charge in [-0.3, -0.25) is 0 Å². The fraction of sp³-hybridized carbons (Fsp3) is 1.00. The van der Waals surface area contributed by atoms with Crippen molar-refractivity contribution in [1.29, 1.82) is 0 Å². The Morgan fingerprint density at radius 3 is 2.29 bits per heavy atom. The first kappa shape index (κ1) is 11.8. The van der Waals surface area contributed by atoms with Crippen molar-refractivity contribution in [2.24, 2.45) is 11.5 Å². The summed E-state index contributed by atoms with van der Waals surface area (Å²) in [5.41, 5.74) is 8.85. The zero-order valence-electron chi connectivity index (χ0n) is 7.79. The van der Waals surface area contributed by atoms with Crippen LogP contribution in [0.2, 0.25) is 0 Å². The summed E-state index contributed by atoms with van der Waals surface area (Å²) in [6.07, 6.45) is -4.13. The second kappa shape index (κ2) is 3.38. The van der Waals surface area contributed by atoms with Crippen molar-refractivity contribution in [3.63, 3.8) is 0 Å². The summed E-state index contributed by atoms with van der Waals surface area (Å²) in [6.45, 7) is 0.606. The lowest BCUT2D eigenvalue weighted by Crippen LogP contribution is -2.80. The van der Waals surface area contributed by atoms with Gasteiger partial charge in [-0.1, -0.05) is 0 Å². The molecule has 0 aromatic carbocycles. The van der Waals surface area contributed by atoms with Crippen LogP contribution in [-0.4, -0.2) is 56.8 Å². The Labute approximate surface area is 80.9 Å². The van der Waals surface area contributed by atoms with Crippen molar-refractivity contribution in [3.05, 3.63) is 0 Å². The molecule has 0 bridgehead atoms. The van der Waals surface area contributed by atoms with Crippen LogP contribution in [0, 0.1) is 0 Å². The average Bonchev–Trinajstić information content (AvgIpc) is 2.09. The first-order valence-electron chi connectivity index (χ1n) is 4.19. The molecular formula is C7H16N2O5. The van der Waals surface area contributed by atoms with E-state index in [9.17, 15) is 15.3 Å². The van der Waals surface area contributed by atoms with Gasteiger partial charge in [-0.2, -0.15) is 0 Å². The topological polar surface area (TPSA) is 142 Å². The molecule has 0 unspecified atom stereocenters. The van der Waals surface area contributed by atoms with Gasteiger partial charge in [0.15, 0.2) is 5.79 Å². The highest BCUT2D eigenvalue weighted by molar-refractivity contribution is 5.05. The third-order valence-electron chi connectivity index (χ3n) is 2.56. The highest BCUT2D eigenvalue weighted by Gasteiger charge is 2.57. The van der Waals surface area contributed by atoms with Gasteiger partial charge in [-0.25, -0.2) is 0 Å². The van der Waals surface area contributed by atoms with Crippen LogP contribution in [0.5, 0.6) is 0 Å². The molecule has 0 saturated carbocycles. The van der Waals surface area contributed by atoms with Crippen molar-refractivity contribution in [2.45, 2.75) is 36.7 Å². The maximum Gasteiger partial charge on any atom is 0.197 e. The SMILES string of the molecule is C[C@]1(O)O[C@H](CO)[C@@H](O)[C@H](O)C1(N)N. The van der Waals surface area contributed by atoms with Crippen LogP contribution in [-0.2, 0) is 4.74 Å². The van der Waals surface area contributed by atoms with Crippen LogP contribution in [0.4, 0.5) is 0 Å². The smallest absolute Gasteiger partial charge is 0.197 e. The van der Waals surface area contributed by atoms with Gasteiger partial charge in [0.25, 0.3) is 0 Å². The van der Waals surface area contributed by atoms with Crippen molar-refractivity contribution < 1.29 is 25.2 Å². The monoisotopic (exact) mass is 208 g/mol. The van der Waals surface area contributed by atoms with Crippen LogP contribution in [0.3, 0.4) is 0 Å². The highest BCUT2D eigenvalue weighted by Crippen LogP contribution is 2.30. The number of hydrogen-bond donors (Lipinski definition) is 6. The zero-order valence-corrected chi connectivity index (χ0v) is 7.79. The van der Waals surface area contributed by atoms with Crippen molar-refractivity contribution in [2.75, 3.05) is 6.61 Å². The molecule has 1 aliphatic heterocycles. The molecule has 14 heavy (non-hydrogen) atoms. The van der Waals surface area contributed by atoms with Crippen molar-refractivity contribution in [1.82, 2.24) is 0 Å². The zero-order chi connectivity index (χ0) is 11.1. The van der Waals surface area contributed by atoms with E-state index in [1.54, 1.807) is 0 Å². The molecule has 0 spiro atoms. The second-order valence-corrected chi connectivity index (χ2v) is 3.69. The summed E-state index contributed by atoms with van der Waals surface area (Å²) >= 11 is 0. The van der Waals surface area contributed by atoms with Crippen molar-refractivity contribution >= 4 is 0 Å². The normalized spacial score (nSPS) is 47.8. The molecule has 84 valence electrons. The van der Waals surface area contributed by atoms with Gasteiger partial charge < -0.3 is 36.6 Å². The molecule has 7 nitrogen and oxygen atoms in total. The van der Waals surface area contributed by atoms with Crippen LogP contribution in [0.15, 0.2) is 0 Å². The van der Waals surface area contributed by atoms with Gasteiger partial charge in [0.05, 0.1) is 6.61 Å². The number of ether oxygens (including phenoxy) is 1. The van der Waals surface area contributed by atoms with Gasteiger partial charge in [-0.15, -0.1) is 0 Å². The second-order valence-electron chi connectivity index (χ2n) is 3.69. The first-order chi connectivity index (χ1) is 6.24. The van der Waals surface area contributed by atoms with Gasteiger partial charge in [0.2, 0.25) is 0 Å². The molecule has 7 heteroatoms. The molecule has 1 fully saturated rings. The minimum Gasteiger partial charge on any atom is -0.394 e. The Kier molecular flexibility index (Phi) is 2.85. The van der Waals surface area contributed by atoms with E-state index in [-0.39, 0.29) is 0 Å². The molecular weight excluding hydrogens is 192 g/mol. The average molecular weight is 208 g/mol. The van der Waals surface area contributed by atoms with Gasteiger partial charge in [0, 0.05) is 0 Å². The molecule has 1 saturated heterocycles. The van der Waals surface area contributed by atoms with Gasteiger partial charge in [-0.05, 0) is 6.92 Å². The summed E-state index contributed by atoms with van der Waals surface area (Å²) in [6, 6.07) is 0. The molecule has 0 amide bonds. The molecule has 4 atom stereocenters. The maximum absolute atomic E-state index is 9.64. The quantitative estimate of drug-likeness (QED) is 0.245. The maximum atomic E-state index is 9.64. The van der Waals surface area contributed by atoms with Crippen LogP contribution in [0.25, 0.3) is 0 Å². The summed E-state index contributed by atoms with van der Waals surface area (Å²) in [5.74, 6) is -2.01. The number of nitrogens with two attached hydrogens (primary N) is 2. The summed E-state index contributed by atoms with van der Waals surface area (Å²) < 4.78 is 4.87. The Morgan fingerprint density at radius 1 is 1.36 bits per heavy atom. The summed E-state index contributed by atoms with van der Waals surface area (Å²) in [5, 5.41) is 37.3. The lowest BCUT2D eigenvalue weighted by atomic mass is 9.86. The van der Waals surface area contributed by atoms with E-state index in [0.717, 1.165) is 6.92 Å². The molecule has 1 aliphatic rings. The molecule has 8 N–H and O–H groups in total. The minimum atomic E-state index is -2.01. The summed E-state index contributed by atoms with van der Waals surface area (Å²) in [7, 11) is 0. The van der Waals surface area contributed by atoms with E-state index in [2.05, 4.69) is 0 Å². The van der Waals surface area contributed by atoms with E-state index in [1.807, 2.05) is 0 Å². The Morgan fingerprint density at radius 2 is 1.86 bits per heavy atom. The van der Waals surface area contributed by atoms with Gasteiger partial charge >= 0.3 is 0 Å². The first-order valence-corrected chi connectivity index (χ1v) is 4.19. The number of aliphatic hydroxyl groups excluding tert-OH is 3. The Hall–Kier alpha value is -0.280. The molecule has 0 aliphatic carbocycles. The predicted octanol–water partition coefficient (Wildman–Crippen LogP) is -3.58. The lowest BCUT2D eigenvalue weighted by Gasteiger charge is -2.50. The molecule has 0 aromatic heterocycles. The molecule has 0 radical (unpaired) electrons. The van der Waals surface area contributed by atoms with Crippen molar-refractivity contribution in [3.8, 4) is 0 Å². The standard InChI is InChI=1S/C7H16N2O5/c1-6(13)7(8,9)5(12)4(11)3(2-10)14-6/h3-5,10-13H,2,8-9H2,1H3/t3-,4-,5+,6+/m1/s1. The van der Waals surface area contributed by atoms with Crippen LogP contribution < -0.4 is 11.5 Å². The van der Waals surface area contributed by atoms with Crippen LogP contribution >= 0.6 is 0 Å². The number of aliphatic hydroxyl groups is 4. The molecule has 0 aromatic rings. The number of hydrogen-bond acceptors (Lipinski definition) is 7.